The minimum Gasteiger partial charge on any atom is -0.340 e. The first-order valence-corrected chi connectivity index (χ1v) is 10.6. The largest absolute Gasteiger partial charge is 0.340 e. The van der Waals surface area contributed by atoms with Crippen molar-refractivity contribution in [2.24, 2.45) is 0 Å². The molecule has 2 heterocycles. The summed E-state index contributed by atoms with van der Waals surface area (Å²) in [5.41, 5.74) is 2.42. The average molecular weight is 391 g/mol. The first-order chi connectivity index (χ1) is 14.2. The molecule has 0 radical (unpaired) electrons. The molecule has 1 aliphatic rings. The molecule has 29 heavy (non-hydrogen) atoms. The minimum atomic E-state index is 0.134. The van der Waals surface area contributed by atoms with Gasteiger partial charge < -0.3 is 9.80 Å². The topological polar surface area (TPSA) is 41.4 Å². The van der Waals surface area contributed by atoms with Crippen molar-refractivity contribution in [3.63, 3.8) is 0 Å². The Morgan fingerprint density at radius 3 is 2.79 bits per heavy atom. The van der Waals surface area contributed by atoms with Crippen LogP contribution in [0.15, 0.2) is 60.8 Å². The zero-order chi connectivity index (χ0) is 20.1. The fourth-order valence-electron chi connectivity index (χ4n) is 4.30. The number of rotatable bonds is 7. The molecule has 0 spiro atoms. The van der Waals surface area contributed by atoms with Crippen molar-refractivity contribution in [3.8, 4) is 0 Å². The molecule has 152 valence electrons. The molecular weight excluding hydrogens is 360 g/mol. The highest BCUT2D eigenvalue weighted by Gasteiger charge is 2.26. The molecule has 1 unspecified atom stereocenters. The third-order valence-electron chi connectivity index (χ3n) is 6.04. The quantitative estimate of drug-likeness (QED) is 0.619. The minimum absolute atomic E-state index is 0.134. The Morgan fingerprint density at radius 1 is 1.14 bits per heavy atom. The van der Waals surface area contributed by atoms with Crippen LogP contribution >= 0.6 is 0 Å². The smallest absolute Gasteiger partial charge is 0.244 e. The van der Waals surface area contributed by atoms with E-state index in [2.05, 4.69) is 40.3 Å². The molecule has 0 aliphatic carbocycles. The van der Waals surface area contributed by atoms with E-state index in [0.29, 0.717) is 6.54 Å². The second-order valence-corrected chi connectivity index (χ2v) is 8.05. The molecule has 4 rings (SSSR count). The van der Waals surface area contributed by atoms with Crippen LogP contribution in [0, 0.1) is 0 Å². The monoisotopic (exact) mass is 390 g/mol. The number of fused-ring (bicyclic) bond motifs is 1. The van der Waals surface area contributed by atoms with Crippen molar-refractivity contribution in [2.45, 2.75) is 38.3 Å². The number of likely N-dealkylation sites (tertiary alicyclic amines) is 1. The first kappa shape index (κ1) is 19.6. The summed E-state index contributed by atoms with van der Waals surface area (Å²) in [6.45, 7) is 3.50. The zero-order valence-corrected chi connectivity index (χ0v) is 17.2. The summed E-state index contributed by atoms with van der Waals surface area (Å²) < 4.78 is 1.81. The van der Waals surface area contributed by atoms with Crippen LogP contribution in [-0.2, 0) is 17.8 Å². The number of piperidine rings is 1. The molecule has 5 heteroatoms. The third kappa shape index (κ3) is 4.85. The highest BCUT2D eigenvalue weighted by molar-refractivity contribution is 5.82. The van der Waals surface area contributed by atoms with Gasteiger partial charge in [0.25, 0.3) is 0 Å². The van der Waals surface area contributed by atoms with Crippen LogP contribution < -0.4 is 0 Å². The summed E-state index contributed by atoms with van der Waals surface area (Å²) in [7, 11) is 1.95. The van der Waals surface area contributed by atoms with Crippen LogP contribution in [0.5, 0.6) is 0 Å². The fraction of sp³-hybridized carbons (Fsp3) is 0.417. The number of hydrogen-bond donors (Lipinski definition) is 0. The number of hydrogen-bond acceptors (Lipinski definition) is 3. The van der Waals surface area contributed by atoms with Gasteiger partial charge in [-0.15, -0.1) is 0 Å². The molecule has 2 aromatic carbocycles. The number of para-hydroxylation sites is 1. The second kappa shape index (κ2) is 9.23. The summed E-state index contributed by atoms with van der Waals surface area (Å²) >= 11 is 0. The van der Waals surface area contributed by atoms with Crippen molar-refractivity contribution in [1.29, 1.82) is 0 Å². The summed E-state index contributed by atoms with van der Waals surface area (Å²) in [6.07, 6.45) is 6.34. The Bertz CT molecular complexity index is 936. The van der Waals surface area contributed by atoms with E-state index in [1.54, 1.807) is 0 Å². The fourth-order valence-corrected chi connectivity index (χ4v) is 4.30. The lowest BCUT2D eigenvalue weighted by Gasteiger charge is -2.37. The molecule has 1 aliphatic heterocycles. The lowest BCUT2D eigenvalue weighted by atomic mass is 10.0. The van der Waals surface area contributed by atoms with Crippen molar-refractivity contribution < 1.29 is 4.79 Å². The normalized spacial score (nSPS) is 17.5. The molecule has 1 saturated heterocycles. The first-order valence-electron chi connectivity index (χ1n) is 10.6. The maximum absolute atomic E-state index is 12.9. The molecule has 0 bridgehead atoms. The van der Waals surface area contributed by atoms with Crippen molar-refractivity contribution in [2.75, 3.05) is 26.7 Å². The Hall–Kier alpha value is -2.66. The van der Waals surface area contributed by atoms with E-state index >= 15 is 0 Å². The molecule has 0 N–H and O–H groups in total. The van der Waals surface area contributed by atoms with Gasteiger partial charge in [-0.3, -0.25) is 9.48 Å². The standard InChI is InChI=1S/C24H30N4O/c1-26(24(29)19-28-23-14-6-5-12-21(23)17-25-28)22-13-8-16-27(18-22)15-7-11-20-9-3-2-4-10-20/h2-6,9-10,12,14,17,22H,7-8,11,13,15-16,18-19H2,1H3. The van der Waals surface area contributed by atoms with Crippen molar-refractivity contribution in [1.82, 2.24) is 19.6 Å². The van der Waals surface area contributed by atoms with Crippen molar-refractivity contribution in [3.05, 3.63) is 66.4 Å². The highest BCUT2D eigenvalue weighted by Crippen LogP contribution is 2.17. The average Bonchev–Trinajstić information content (AvgIpc) is 3.17. The number of carbonyl (C=O) groups is 1. The molecule has 1 aromatic heterocycles. The van der Waals surface area contributed by atoms with E-state index in [0.717, 1.165) is 56.2 Å². The van der Waals surface area contributed by atoms with Crippen LogP contribution in [0.3, 0.4) is 0 Å². The van der Waals surface area contributed by atoms with E-state index in [-0.39, 0.29) is 11.9 Å². The number of aryl methyl sites for hydroxylation is 1. The lowest BCUT2D eigenvalue weighted by Crippen LogP contribution is -2.49. The number of aromatic nitrogens is 2. The number of nitrogens with zero attached hydrogens (tertiary/aromatic N) is 4. The van der Waals surface area contributed by atoms with Gasteiger partial charge in [0.2, 0.25) is 5.91 Å². The van der Waals surface area contributed by atoms with E-state index in [4.69, 9.17) is 0 Å². The van der Waals surface area contributed by atoms with Gasteiger partial charge in [-0.2, -0.15) is 5.10 Å². The molecule has 1 atom stereocenters. The summed E-state index contributed by atoms with van der Waals surface area (Å²) in [4.78, 5) is 17.4. The van der Waals surface area contributed by atoms with Gasteiger partial charge in [-0.1, -0.05) is 48.5 Å². The number of likely N-dealkylation sites (N-methyl/N-ethyl adjacent to an activating group) is 1. The van der Waals surface area contributed by atoms with E-state index in [1.165, 1.54) is 5.56 Å². The molecule has 1 fully saturated rings. The molecule has 0 saturated carbocycles. The van der Waals surface area contributed by atoms with Gasteiger partial charge in [0.05, 0.1) is 11.7 Å². The van der Waals surface area contributed by atoms with Crippen LogP contribution in [0.25, 0.3) is 10.9 Å². The van der Waals surface area contributed by atoms with Crippen LogP contribution in [0.4, 0.5) is 0 Å². The summed E-state index contributed by atoms with van der Waals surface area (Å²) in [5, 5.41) is 5.48. The van der Waals surface area contributed by atoms with Gasteiger partial charge in [0, 0.05) is 25.0 Å². The summed E-state index contributed by atoms with van der Waals surface area (Å²) in [5.74, 6) is 0.134. The van der Waals surface area contributed by atoms with Gasteiger partial charge in [0.15, 0.2) is 0 Å². The molecule has 3 aromatic rings. The predicted molar refractivity (Wildman–Crippen MR) is 117 cm³/mol. The van der Waals surface area contributed by atoms with Gasteiger partial charge in [-0.05, 0) is 50.4 Å². The molecule has 1 amide bonds. The van der Waals surface area contributed by atoms with Gasteiger partial charge in [0.1, 0.15) is 6.54 Å². The van der Waals surface area contributed by atoms with Crippen molar-refractivity contribution >= 4 is 16.8 Å². The Kier molecular flexibility index (Phi) is 6.25. The predicted octanol–water partition coefficient (Wildman–Crippen LogP) is 3.59. The molecule has 5 nitrogen and oxygen atoms in total. The Balaban J connectivity index is 1.29. The third-order valence-corrected chi connectivity index (χ3v) is 6.04. The Labute approximate surface area is 172 Å². The van der Waals surface area contributed by atoms with E-state index in [1.807, 2.05) is 47.1 Å². The van der Waals surface area contributed by atoms with E-state index < -0.39 is 0 Å². The van der Waals surface area contributed by atoms with Crippen LogP contribution in [-0.4, -0.2) is 58.2 Å². The van der Waals surface area contributed by atoms with Gasteiger partial charge in [-0.25, -0.2) is 0 Å². The summed E-state index contributed by atoms with van der Waals surface area (Å²) in [6, 6.07) is 19.0. The maximum Gasteiger partial charge on any atom is 0.244 e. The van der Waals surface area contributed by atoms with Gasteiger partial charge >= 0.3 is 0 Å². The SMILES string of the molecule is CN(C(=O)Cn1ncc2ccccc21)C1CCCN(CCCc2ccccc2)C1. The number of carbonyl (C=O) groups excluding carboxylic acids is 1. The highest BCUT2D eigenvalue weighted by atomic mass is 16.2. The maximum atomic E-state index is 12.9. The second-order valence-electron chi connectivity index (χ2n) is 8.05. The molecular formula is C24H30N4O. The number of amides is 1. The van der Waals surface area contributed by atoms with E-state index in [9.17, 15) is 4.79 Å². The number of benzene rings is 2. The zero-order valence-electron chi connectivity index (χ0n) is 17.2. The van der Waals surface area contributed by atoms with Crippen LogP contribution in [0.2, 0.25) is 0 Å². The Morgan fingerprint density at radius 2 is 1.93 bits per heavy atom. The van der Waals surface area contributed by atoms with Crippen LogP contribution in [0.1, 0.15) is 24.8 Å². The lowest BCUT2D eigenvalue weighted by molar-refractivity contribution is -0.133.